The molecule has 2 heterocycles. The summed E-state index contributed by atoms with van der Waals surface area (Å²) < 4.78 is 36.2. The van der Waals surface area contributed by atoms with E-state index in [1.807, 2.05) is 27.7 Å². The lowest BCUT2D eigenvalue weighted by Crippen LogP contribution is -2.65. The summed E-state index contributed by atoms with van der Waals surface area (Å²) in [6, 6.07) is 29.7. The monoisotopic (exact) mass is 1330 g/mol. The summed E-state index contributed by atoms with van der Waals surface area (Å²) in [6.45, 7) is 33.5. The van der Waals surface area contributed by atoms with Crippen LogP contribution in [0.25, 0.3) is 0 Å². The Kier molecular flexibility index (Phi) is 28.3. The smallest absolute Gasteiger partial charge is 0.338 e. The summed E-state index contributed by atoms with van der Waals surface area (Å²) in [7, 11) is -6.96. The maximum absolute atomic E-state index is 12.6. The largest absolute Gasteiger partial charge is 0.462 e. The third-order valence-corrected chi connectivity index (χ3v) is 28.3. The molecule has 0 spiro atoms. The second-order valence-electron chi connectivity index (χ2n) is 25.8. The first-order valence-electron chi connectivity index (χ1n) is 32.8. The van der Waals surface area contributed by atoms with Gasteiger partial charge < -0.3 is 59.7 Å². The number of carbonyl (C=O) groups excluding carboxylic acids is 4. The van der Waals surface area contributed by atoms with E-state index in [4.69, 9.17) is 47.7 Å². The van der Waals surface area contributed by atoms with E-state index in [9.17, 15) is 19.2 Å². The van der Waals surface area contributed by atoms with E-state index in [2.05, 4.69) is 109 Å². The van der Waals surface area contributed by atoms with Gasteiger partial charge in [0.2, 0.25) is 44.0 Å². The van der Waals surface area contributed by atoms with Gasteiger partial charge in [0.25, 0.3) is 0 Å². The van der Waals surface area contributed by atoms with E-state index in [0.717, 1.165) is 76.3 Å². The number of carbonyl (C=O) groups is 4. The van der Waals surface area contributed by atoms with Crippen LogP contribution in [0.3, 0.4) is 0 Å². The van der Waals surface area contributed by atoms with Crippen LogP contribution in [0.1, 0.15) is 161 Å². The molecule has 25 heteroatoms. The molecule has 6 N–H and O–H groups in total. The number of esters is 4. The number of nitrogens with one attached hydrogen (secondary N) is 6. The van der Waals surface area contributed by atoms with E-state index < -0.39 is 35.2 Å². The van der Waals surface area contributed by atoms with Gasteiger partial charge in [-0.15, -0.1) is 0 Å². The minimum atomic E-state index is -2.56. The number of ether oxygens (including phenoxy) is 4. The van der Waals surface area contributed by atoms with Crippen LogP contribution in [-0.4, -0.2) is 128 Å². The fourth-order valence-corrected chi connectivity index (χ4v) is 18.9. The maximum Gasteiger partial charge on any atom is 0.338 e. The summed E-state index contributed by atoms with van der Waals surface area (Å²) in [5.41, 5.74) is 4.46. The fourth-order valence-electron chi connectivity index (χ4n) is 9.49. The molecule has 0 radical (unpaired) electrons. The third-order valence-electron chi connectivity index (χ3n) is 16.3. The number of anilines is 10. The van der Waals surface area contributed by atoms with E-state index in [1.165, 1.54) is 0 Å². The SMILES string of the molecule is CCCCOC(=O)c1ccc(Nc2nc(NCCC[Si](C)(C)OC(C)(C)[Si](C)(C)OC(C)(C)[Si](C)(C)CCCNc3nc(Nc4ccc(C(=O)OCCCC)cc4)nc(Nc4ccc(C(=O)OCCCC)cc4)n3)nc(Nc3ccc(C(=O)OCCCC)cc3)n2)cc1. The Morgan fingerprint density at radius 2 is 0.634 bits per heavy atom. The first-order valence-corrected chi connectivity index (χ1v) is 42.0. The summed E-state index contributed by atoms with van der Waals surface area (Å²) in [6.07, 6.45) is 8.55. The third kappa shape index (κ3) is 23.9. The van der Waals surface area contributed by atoms with Gasteiger partial charge in [0, 0.05) is 41.1 Å². The van der Waals surface area contributed by atoms with Crippen molar-refractivity contribution in [2.24, 2.45) is 0 Å². The van der Waals surface area contributed by atoms with Gasteiger partial charge in [0.05, 0.1) is 62.0 Å². The standard InChI is InChI=1S/C68H100N12O10Si3/c1-15-19-43-85-57(81)49-25-33-53(34-26-49)71-63-75-61(76-64(79-63)72-54-35-27-50(28-36-54)58(82)86-44-20-16-2)69-41-23-47-91(9,10)67(5,6)90-93(13,14)68(7,8)89-92(11,12)48-24-42-70-62-77-65(73-55-37-29-51(30-38-55)59(83)87-45-21-17-3)80-66(78-62)74-56-39-31-52(32-40-56)60(84)88-46-22-18-4/h25-40H,15-24,41-48H2,1-14H3,(H3,69,71,72,75,76,79)(H3,70,73,74,77,78,80). The van der Waals surface area contributed by atoms with Crippen LogP contribution in [0.4, 0.5) is 58.4 Å². The van der Waals surface area contributed by atoms with Crippen LogP contribution in [0.2, 0.25) is 51.4 Å². The van der Waals surface area contributed by atoms with Crippen molar-refractivity contribution < 1.29 is 47.0 Å². The van der Waals surface area contributed by atoms with Crippen LogP contribution >= 0.6 is 0 Å². The number of aromatic nitrogens is 6. The molecule has 2 aromatic heterocycles. The quantitative estimate of drug-likeness (QED) is 0.00903. The van der Waals surface area contributed by atoms with Crippen molar-refractivity contribution in [3.05, 3.63) is 119 Å². The van der Waals surface area contributed by atoms with Gasteiger partial charge in [0.1, 0.15) is 0 Å². The van der Waals surface area contributed by atoms with Gasteiger partial charge in [-0.05, 0) is 196 Å². The van der Waals surface area contributed by atoms with Gasteiger partial charge >= 0.3 is 23.9 Å². The Hall–Kier alpha value is -7.85. The molecule has 0 bridgehead atoms. The number of rotatable bonds is 40. The summed E-state index contributed by atoms with van der Waals surface area (Å²) in [5, 5.41) is 19.0. The molecule has 0 aliphatic carbocycles. The predicted octanol–water partition coefficient (Wildman–Crippen LogP) is 16.0. The predicted molar refractivity (Wildman–Crippen MR) is 378 cm³/mol. The molecule has 0 unspecified atom stereocenters. The van der Waals surface area contributed by atoms with Gasteiger partial charge in [-0.3, -0.25) is 0 Å². The summed E-state index contributed by atoms with van der Waals surface area (Å²) in [5.74, 6) is 0.351. The van der Waals surface area contributed by atoms with E-state index >= 15 is 0 Å². The molecular formula is C68H100N12O10Si3. The molecule has 0 saturated carbocycles. The number of nitrogens with zero attached hydrogens (tertiary/aromatic N) is 6. The van der Waals surface area contributed by atoms with Crippen molar-refractivity contribution in [2.75, 3.05) is 71.4 Å². The Morgan fingerprint density at radius 1 is 0.366 bits per heavy atom. The lowest BCUT2D eigenvalue weighted by molar-refractivity contribution is 0.0490. The first kappa shape index (κ1) is 74.2. The molecular weight excluding hydrogens is 1230 g/mol. The highest BCUT2D eigenvalue weighted by atomic mass is 28.4. The van der Waals surface area contributed by atoms with Crippen molar-refractivity contribution in [3.8, 4) is 0 Å². The van der Waals surface area contributed by atoms with Crippen molar-refractivity contribution in [1.29, 1.82) is 0 Å². The van der Waals surface area contributed by atoms with E-state index in [1.54, 1.807) is 97.1 Å². The number of hydrogen-bond acceptors (Lipinski definition) is 22. The molecule has 0 amide bonds. The van der Waals surface area contributed by atoms with Crippen LogP contribution in [0.15, 0.2) is 97.1 Å². The van der Waals surface area contributed by atoms with Gasteiger partial charge in [-0.25, -0.2) is 19.2 Å². The Bertz CT molecular complexity index is 3170. The highest BCUT2D eigenvalue weighted by Gasteiger charge is 2.51. The van der Waals surface area contributed by atoms with Crippen molar-refractivity contribution >= 4 is 107 Å². The fraction of sp³-hybridized carbons (Fsp3) is 0.500. The van der Waals surface area contributed by atoms with E-state index in [0.29, 0.717) is 96.4 Å². The molecule has 6 aromatic rings. The first-order chi connectivity index (χ1) is 44.2. The average molecular weight is 1330 g/mol. The molecule has 6 rings (SSSR count). The zero-order valence-corrected chi connectivity index (χ0v) is 60.2. The average Bonchev–Trinajstić information content (AvgIpc) is 0.783. The van der Waals surface area contributed by atoms with Crippen LogP contribution in [-0.2, 0) is 27.8 Å². The minimum Gasteiger partial charge on any atom is -0.462 e. The molecule has 4 aromatic carbocycles. The Labute approximate surface area is 553 Å². The lowest BCUT2D eigenvalue weighted by Gasteiger charge is -2.51. The molecule has 22 nitrogen and oxygen atoms in total. The van der Waals surface area contributed by atoms with Gasteiger partial charge in [0.15, 0.2) is 8.32 Å². The summed E-state index contributed by atoms with van der Waals surface area (Å²) >= 11 is 0. The lowest BCUT2D eigenvalue weighted by atomic mass is 10.2. The van der Waals surface area contributed by atoms with Crippen molar-refractivity contribution in [3.63, 3.8) is 0 Å². The second-order valence-corrected chi connectivity index (χ2v) is 39.9. The van der Waals surface area contributed by atoms with Crippen LogP contribution < -0.4 is 31.9 Å². The highest BCUT2D eigenvalue weighted by molar-refractivity contribution is 6.82. The molecule has 0 fully saturated rings. The second kappa shape index (κ2) is 35.4. The summed E-state index contributed by atoms with van der Waals surface area (Å²) in [4.78, 5) is 78.7. The Balaban J connectivity index is 1.06. The van der Waals surface area contributed by atoms with E-state index in [-0.39, 0.29) is 47.7 Å². The number of unbranched alkanes of at least 4 members (excludes halogenated alkanes) is 4. The normalized spacial score (nSPS) is 11.9. The highest BCUT2D eigenvalue weighted by Crippen LogP contribution is 2.38. The number of benzene rings is 4. The van der Waals surface area contributed by atoms with Crippen molar-refractivity contribution in [2.45, 2.75) is 181 Å². The molecule has 0 aliphatic heterocycles. The van der Waals surface area contributed by atoms with Gasteiger partial charge in [-0.1, -0.05) is 72.5 Å². The topological polar surface area (TPSA) is 273 Å². The van der Waals surface area contributed by atoms with Gasteiger partial charge in [-0.2, -0.15) is 29.9 Å². The molecule has 0 saturated heterocycles. The number of hydrogen-bond donors (Lipinski definition) is 6. The maximum atomic E-state index is 12.6. The minimum absolute atomic E-state index is 0.278. The molecule has 0 atom stereocenters. The van der Waals surface area contributed by atoms with Crippen LogP contribution in [0, 0.1) is 0 Å². The molecule has 504 valence electrons. The van der Waals surface area contributed by atoms with Crippen molar-refractivity contribution in [1.82, 2.24) is 29.9 Å². The van der Waals surface area contributed by atoms with Crippen LogP contribution in [0.5, 0.6) is 0 Å². The zero-order valence-electron chi connectivity index (χ0n) is 57.2. The molecule has 93 heavy (non-hydrogen) atoms. The molecule has 0 aliphatic rings. The zero-order chi connectivity index (χ0) is 67.7. The Morgan fingerprint density at radius 3 is 0.914 bits per heavy atom.